The fraction of sp³-hybridized carbons (Fsp3) is 0.400. The SMILES string of the molecule is Cc1cccc(N(C)C(=O)C2CCN(C(=O)c3ccco3)CC2)c1C. The Labute approximate surface area is 148 Å². The van der Waals surface area contributed by atoms with Crippen LogP contribution >= 0.6 is 0 Å². The maximum atomic E-state index is 12.9. The average molecular weight is 340 g/mol. The van der Waals surface area contributed by atoms with Gasteiger partial charge >= 0.3 is 0 Å². The molecule has 0 aliphatic carbocycles. The van der Waals surface area contributed by atoms with Gasteiger partial charge < -0.3 is 14.2 Å². The van der Waals surface area contributed by atoms with Crippen LogP contribution in [-0.2, 0) is 4.79 Å². The highest BCUT2D eigenvalue weighted by molar-refractivity contribution is 5.96. The Morgan fingerprint density at radius 1 is 1.12 bits per heavy atom. The molecule has 1 saturated heterocycles. The largest absolute Gasteiger partial charge is 0.459 e. The second kappa shape index (κ2) is 7.13. The van der Waals surface area contributed by atoms with Gasteiger partial charge in [0.25, 0.3) is 5.91 Å². The van der Waals surface area contributed by atoms with E-state index in [1.165, 1.54) is 11.8 Å². The fourth-order valence-corrected chi connectivity index (χ4v) is 3.38. The van der Waals surface area contributed by atoms with Gasteiger partial charge in [-0.3, -0.25) is 9.59 Å². The fourth-order valence-electron chi connectivity index (χ4n) is 3.38. The van der Waals surface area contributed by atoms with Crippen LogP contribution in [0.1, 0.15) is 34.5 Å². The lowest BCUT2D eigenvalue weighted by Gasteiger charge is -2.33. The zero-order valence-corrected chi connectivity index (χ0v) is 15.0. The normalized spacial score (nSPS) is 15.2. The summed E-state index contributed by atoms with van der Waals surface area (Å²) in [6.07, 6.45) is 2.86. The van der Waals surface area contributed by atoms with Gasteiger partial charge in [-0.2, -0.15) is 0 Å². The molecule has 0 saturated carbocycles. The molecule has 1 aliphatic heterocycles. The minimum atomic E-state index is -0.0983. The molecule has 5 heteroatoms. The Hall–Kier alpha value is -2.56. The number of hydrogen-bond acceptors (Lipinski definition) is 3. The first kappa shape index (κ1) is 17.3. The highest BCUT2D eigenvalue weighted by Gasteiger charge is 2.31. The number of amides is 2. The van der Waals surface area contributed by atoms with Gasteiger partial charge in [0, 0.05) is 31.7 Å². The summed E-state index contributed by atoms with van der Waals surface area (Å²) in [6.45, 7) is 5.25. The highest BCUT2D eigenvalue weighted by Crippen LogP contribution is 2.26. The molecule has 1 aromatic carbocycles. The van der Waals surface area contributed by atoms with E-state index in [0.29, 0.717) is 31.7 Å². The number of anilines is 1. The molecule has 0 atom stereocenters. The number of aryl methyl sites for hydroxylation is 1. The summed E-state index contributed by atoms with van der Waals surface area (Å²) in [5.74, 6) is 0.334. The summed E-state index contributed by atoms with van der Waals surface area (Å²) in [4.78, 5) is 28.7. The van der Waals surface area contributed by atoms with Crippen LogP contribution in [0.4, 0.5) is 5.69 Å². The molecule has 132 valence electrons. The van der Waals surface area contributed by atoms with E-state index in [4.69, 9.17) is 4.42 Å². The van der Waals surface area contributed by atoms with Gasteiger partial charge in [-0.15, -0.1) is 0 Å². The van der Waals surface area contributed by atoms with E-state index in [1.807, 2.05) is 26.1 Å². The van der Waals surface area contributed by atoms with E-state index in [-0.39, 0.29) is 17.7 Å². The van der Waals surface area contributed by atoms with E-state index < -0.39 is 0 Å². The Bertz CT molecular complexity index is 759. The second-order valence-electron chi connectivity index (χ2n) is 6.66. The third-order valence-corrected chi connectivity index (χ3v) is 5.13. The second-order valence-corrected chi connectivity index (χ2v) is 6.66. The van der Waals surface area contributed by atoms with Gasteiger partial charge in [-0.05, 0) is 56.0 Å². The van der Waals surface area contributed by atoms with Crippen LogP contribution in [0.2, 0.25) is 0 Å². The molecule has 0 radical (unpaired) electrons. The lowest BCUT2D eigenvalue weighted by atomic mass is 9.94. The van der Waals surface area contributed by atoms with E-state index in [0.717, 1.165) is 11.3 Å². The van der Waals surface area contributed by atoms with Crippen molar-refractivity contribution in [3.63, 3.8) is 0 Å². The summed E-state index contributed by atoms with van der Waals surface area (Å²) in [6, 6.07) is 9.40. The van der Waals surface area contributed by atoms with E-state index >= 15 is 0 Å². The number of hydrogen-bond donors (Lipinski definition) is 0. The maximum absolute atomic E-state index is 12.9. The summed E-state index contributed by atoms with van der Waals surface area (Å²) in [5.41, 5.74) is 3.26. The van der Waals surface area contributed by atoms with Crippen molar-refractivity contribution in [3.8, 4) is 0 Å². The molecule has 0 bridgehead atoms. The van der Waals surface area contributed by atoms with E-state index in [9.17, 15) is 9.59 Å². The van der Waals surface area contributed by atoms with Gasteiger partial charge in [0.05, 0.1) is 6.26 Å². The number of rotatable bonds is 3. The Morgan fingerprint density at radius 2 is 1.84 bits per heavy atom. The number of carbonyl (C=O) groups excluding carboxylic acids is 2. The third kappa shape index (κ3) is 3.45. The monoisotopic (exact) mass is 340 g/mol. The first-order valence-corrected chi connectivity index (χ1v) is 8.65. The van der Waals surface area contributed by atoms with Crippen LogP contribution in [0.3, 0.4) is 0 Å². The van der Waals surface area contributed by atoms with Crippen LogP contribution in [0, 0.1) is 19.8 Å². The van der Waals surface area contributed by atoms with Crippen molar-refractivity contribution >= 4 is 17.5 Å². The predicted molar refractivity (Wildman–Crippen MR) is 96.7 cm³/mol. The quantitative estimate of drug-likeness (QED) is 0.860. The first-order chi connectivity index (χ1) is 12.0. The number of furan rings is 1. The molecule has 2 aromatic rings. The number of benzene rings is 1. The Balaban J connectivity index is 1.63. The van der Waals surface area contributed by atoms with E-state index in [2.05, 4.69) is 13.0 Å². The van der Waals surface area contributed by atoms with Crippen LogP contribution in [0.15, 0.2) is 41.0 Å². The lowest BCUT2D eigenvalue weighted by Crippen LogP contribution is -2.43. The summed E-state index contributed by atoms with van der Waals surface area (Å²) >= 11 is 0. The molecule has 1 fully saturated rings. The predicted octanol–water partition coefficient (Wildman–Crippen LogP) is 3.41. The van der Waals surface area contributed by atoms with Crippen molar-refractivity contribution in [2.75, 3.05) is 25.0 Å². The molecular formula is C20H24N2O3. The minimum absolute atomic E-state index is 0.0504. The molecule has 1 aromatic heterocycles. The smallest absolute Gasteiger partial charge is 0.289 e. The molecule has 1 aliphatic rings. The van der Waals surface area contributed by atoms with Gasteiger partial charge in [-0.1, -0.05) is 12.1 Å². The van der Waals surface area contributed by atoms with Crippen LogP contribution < -0.4 is 4.90 Å². The third-order valence-electron chi connectivity index (χ3n) is 5.13. The van der Waals surface area contributed by atoms with E-state index in [1.54, 1.807) is 21.9 Å². The summed E-state index contributed by atoms with van der Waals surface area (Å²) < 4.78 is 5.18. The van der Waals surface area contributed by atoms with Crippen molar-refractivity contribution in [2.45, 2.75) is 26.7 Å². The van der Waals surface area contributed by atoms with Crippen molar-refractivity contribution < 1.29 is 14.0 Å². The number of piperidine rings is 1. The van der Waals surface area contributed by atoms with Gasteiger partial charge in [0.1, 0.15) is 0 Å². The molecule has 3 rings (SSSR count). The van der Waals surface area contributed by atoms with Crippen molar-refractivity contribution in [1.82, 2.24) is 4.90 Å². The maximum Gasteiger partial charge on any atom is 0.289 e. The zero-order valence-electron chi connectivity index (χ0n) is 15.0. The molecule has 0 spiro atoms. The van der Waals surface area contributed by atoms with Gasteiger partial charge in [0.2, 0.25) is 5.91 Å². The van der Waals surface area contributed by atoms with Gasteiger partial charge in [-0.25, -0.2) is 0 Å². The average Bonchev–Trinajstić information content (AvgIpc) is 3.17. The Kier molecular flexibility index (Phi) is 4.93. The topological polar surface area (TPSA) is 53.8 Å². The molecular weight excluding hydrogens is 316 g/mol. The first-order valence-electron chi connectivity index (χ1n) is 8.65. The Morgan fingerprint density at radius 3 is 2.48 bits per heavy atom. The number of nitrogens with zero attached hydrogens (tertiary/aromatic N) is 2. The molecule has 2 heterocycles. The van der Waals surface area contributed by atoms with Crippen molar-refractivity contribution in [1.29, 1.82) is 0 Å². The zero-order chi connectivity index (χ0) is 18.0. The standard InChI is InChI=1S/C20H24N2O3/c1-14-6-4-7-17(15(14)2)21(3)19(23)16-9-11-22(12-10-16)20(24)18-8-5-13-25-18/h4-8,13,16H,9-12H2,1-3H3. The van der Waals surface area contributed by atoms with Crippen LogP contribution in [0.25, 0.3) is 0 Å². The molecule has 5 nitrogen and oxygen atoms in total. The molecule has 2 amide bonds. The van der Waals surface area contributed by atoms with Crippen molar-refractivity contribution in [3.05, 3.63) is 53.5 Å². The lowest BCUT2D eigenvalue weighted by molar-refractivity contribution is -0.123. The molecule has 25 heavy (non-hydrogen) atoms. The van der Waals surface area contributed by atoms with Crippen LogP contribution in [0.5, 0.6) is 0 Å². The minimum Gasteiger partial charge on any atom is -0.459 e. The van der Waals surface area contributed by atoms with Crippen molar-refractivity contribution in [2.24, 2.45) is 5.92 Å². The number of likely N-dealkylation sites (tertiary alicyclic amines) is 1. The molecule has 0 unspecified atom stereocenters. The summed E-state index contributed by atoms with van der Waals surface area (Å²) in [5, 5.41) is 0. The number of carbonyl (C=O) groups is 2. The summed E-state index contributed by atoms with van der Waals surface area (Å²) in [7, 11) is 1.84. The van der Waals surface area contributed by atoms with Gasteiger partial charge in [0.15, 0.2) is 5.76 Å². The highest BCUT2D eigenvalue weighted by atomic mass is 16.3. The molecule has 0 N–H and O–H groups in total. The van der Waals surface area contributed by atoms with Crippen LogP contribution in [-0.4, -0.2) is 36.9 Å².